The predicted molar refractivity (Wildman–Crippen MR) is 94.8 cm³/mol. The highest BCUT2D eigenvalue weighted by molar-refractivity contribution is 4.86. The number of rotatable bonds is 11. The van der Waals surface area contributed by atoms with Gasteiger partial charge in [-0.2, -0.15) is 5.10 Å². The largest absolute Gasteiger partial charge is 0.272 e. The summed E-state index contributed by atoms with van der Waals surface area (Å²) >= 11 is 0. The Hall–Kier alpha value is -0.790. The first-order valence-corrected chi connectivity index (χ1v) is 9.82. The Bertz CT molecular complexity index is 371. The second kappa shape index (κ2) is 10.1. The molecule has 0 saturated heterocycles. The number of hydrogen-bond acceptors (Lipinski definition) is 1. The molecule has 3 atom stereocenters. The number of unbranched alkanes of at least 4 members (excludes halogenated alkanes) is 6. The average molecular weight is 305 g/mol. The zero-order valence-corrected chi connectivity index (χ0v) is 14.8. The van der Waals surface area contributed by atoms with E-state index in [1.54, 1.807) is 0 Å². The van der Waals surface area contributed by atoms with E-state index >= 15 is 0 Å². The normalized spacial score (nSPS) is 24.9. The third kappa shape index (κ3) is 5.44. The van der Waals surface area contributed by atoms with Crippen LogP contribution < -0.4 is 0 Å². The summed E-state index contributed by atoms with van der Waals surface area (Å²) in [6, 6.07) is 2.05. The predicted octanol–water partition coefficient (Wildman–Crippen LogP) is 6.08. The summed E-state index contributed by atoms with van der Waals surface area (Å²) in [5, 5.41) is 4.42. The van der Waals surface area contributed by atoms with Crippen LogP contribution in [0.4, 0.5) is 0 Å². The summed E-state index contributed by atoms with van der Waals surface area (Å²) in [6.45, 7) is 5.83. The van der Waals surface area contributed by atoms with E-state index in [0.29, 0.717) is 0 Å². The van der Waals surface area contributed by atoms with Gasteiger partial charge in [-0.15, -0.1) is 0 Å². The molecule has 0 spiro atoms. The SMILES string of the molecule is CCCCCCCCCC1C(CC)CCC1Cn1cccn1. The average Bonchev–Trinajstić information content (AvgIpc) is 3.17. The molecule has 1 aliphatic rings. The topological polar surface area (TPSA) is 17.8 Å². The Kier molecular flexibility index (Phi) is 8.04. The summed E-state index contributed by atoms with van der Waals surface area (Å²) in [5.74, 6) is 2.79. The Morgan fingerprint density at radius 1 is 0.955 bits per heavy atom. The minimum absolute atomic E-state index is 0.866. The standard InChI is InChI=1S/C20H36N2/c1-3-5-6-7-8-9-10-12-20-18(4-2)13-14-19(20)17-22-16-11-15-21-22/h11,15-16,18-20H,3-10,12-14,17H2,1-2H3. The maximum atomic E-state index is 4.42. The number of aromatic nitrogens is 2. The van der Waals surface area contributed by atoms with Crippen molar-refractivity contribution in [2.24, 2.45) is 17.8 Å². The van der Waals surface area contributed by atoms with Crippen LogP contribution in [0.25, 0.3) is 0 Å². The number of hydrogen-bond donors (Lipinski definition) is 0. The molecule has 1 aliphatic carbocycles. The van der Waals surface area contributed by atoms with Gasteiger partial charge >= 0.3 is 0 Å². The van der Waals surface area contributed by atoms with Crippen molar-refractivity contribution in [1.29, 1.82) is 0 Å². The van der Waals surface area contributed by atoms with Crippen molar-refractivity contribution in [3.63, 3.8) is 0 Å². The molecule has 1 aromatic rings. The first-order chi connectivity index (χ1) is 10.8. The molecule has 1 fully saturated rings. The molecule has 126 valence electrons. The molecule has 22 heavy (non-hydrogen) atoms. The van der Waals surface area contributed by atoms with Crippen LogP contribution in [0.1, 0.15) is 84.5 Å². The molecule has 1 aromatic heterocycles. The van der Waals surface area contributed by atoms with Gasteiger partial charge < -0.3 is 0 Å². The maximum Gasteiger partial charge on any atom is 0.0489 e. The van der Waals surface area contributed by atoms with Gasteiger partial charge in [0.25, 0.3) is 0 Å². The zero-order chi connectivity index (χ0) is 15.6. The van der Waals surface area contributed by atoms with Crippen LogP contribution in [0.3, 0.4) is 0 Å². The van der Waals surface area contributed by atoms with Crippen molar-refractivity contribution in [1.82, 2.24) is 9.78 Å². The van der Waals surface area contributed by atoms with Gasteiger partial charge in [0, 0.05) is 18.9 Å². The molecule has 0 bridgehead atoms. The summed E-state index contributed by atoms with van der Waals surface area (Å²) in [5.41, 5.74) is 0. The first kappa shape index (κ1) is 17.6. The smallest absolute Gasteiger partial charge is 0.0489 e. The van der Waals surface area contributed by atoms with E-state index in [-0.39, 0.29) is 0 Å². The van der Waals surface area contributed by atoms with Gasteiger partial charge in [0.1, 0.15) is 0 Å². The van der Waals surface area contributed by atoms with Crippen molar-refractivity contribution in [2.75, 3.05) is 0 Å². The monoisotopic (exact) mass is 304 g/mol. The molecule has 0 N–H and O–H groups in total. The van der Waals surface area contributed by atoms with Gasteiger partial charge in [-0.1, -0.05) is 65.2 Å². The molecule has 1 saturated carbocycles. The molecule has 1 heterocycles. The molecule has 2 heteroatoms. The molecule has 0 radical (unpaired) electrons. The Balaban J connectivity index is 1.70. The van der Waals surface area contributed by atoms with E-state index in [9.17, 15) is 0 Å². The summed E-state index contributed by atoms with van der Waals surface area (Å²) in [6.07, 6.45) is 19.8. The van der Waals surface area contributed by atoms with E-state index in [4.69, 9.17) is 0 Å². The van der Waals surface area contributed by atoms with Gasteiger partial charge in [0.15, 0.2) is 0 Å². The minimum Gasteiger partial charge on any atom is -0.272 e. The van der Waals surface area contributed by atoms with Crippen LogP contribution in [-0.2, 0) is 6.54 Å². The molecular formula is C20H36N2. The van der Waals surface area contributed by atoms with E-state index in [1.807, 2.05) is 6.20 Å². The highest BCUT2D eigenvalue weighted by atomic mass is 15.3. The van der Waals surface area contributed by atoms with E-state index in [1.165, 1.54) is 70.6 Å². The fourth-order valence-electron chi connectivity index (χ4n) is 4.43. The lowest BCUT2D eigenvalue weighted by atomic mass is 9.83. The van der Waals surface area contributed by atoms with E-state index in [0.717, 1.165) is 24.3 Å². The van der Waals surface area contributed by atoms with Gasteiger partial charge in [0.05, 0.1) is 0 Å². The molecule has 0 aromatic carbocycles. The van der Waals surface area contributed by atoms with Gasteiger partial charge in [-0.3, -0.25) is 4.68 Å². The van der Waals surface area contributed by atoms with Crippen LogP contribution in [-0.4, -0.2) is 9.78 Å². The van der Waals surface area contributed by atoms with Crippen LogP contribution >= 0.6 is 0 Å². The first-order valence-electron chi connectivity index (χ1n) is 9.82. The maximum absolute atomic E-state index is 4.42. The van der Waals surface area contributed by atoms with Crippen molar-refractivity contribution in [2.45, 2.75) is 91.0 Å². The highest BCUT2D eigenvalue weighted by Gasteiger charge is 2.34. The lowest BCUT2D eigenvalue weighted by molar-refractivity contribution is 0.248. The van der Waals surface area contributed by atoms with Crippen molar-refractivity contribution >= 4 is 0 Å². The van der Waals surface area contributed by atoms with Crippen LogP contribution in [0.2, 0.25) is 0 Å². The van der Waals surface area contributed by atoms with Crippen molar-refractivity contribution < 1.29 is 0 Å². The van der Waals surface area contributed by atoms with Crippen LogP contribution in [0.5, 0.6) is 0 Å². The molecule has 2 rings (SSSR count). The van der Waals surface area contributed by atoms with Crippen molar-refractivity contribution in [3.05, 3.63) is 18.5 Å². The molecule has 0 aliphatic heterocycles. The third-order valence-electron chi connectivity index (χ3n) is 5.77. The highest BCUT2D eigenvalue weighted by Crippen LogP contribution is 2.42. The summed E-state index contributed by atoms with van der Waals surface area (Å²) < 4.78 is 2.15. The van der Waals surface area contributed by atoms with E-state index < -0.39 is 0 Å². The van der Waals surface area contributed by atoms with E-state index in [2.05, 4.69) is 35.9 Å². The number of nitrogens with zero attached hydrogens (tertiary/aromatic N) is 2. The molecular weight excluding hydrogens is 268 g/mol. The van der Waals surface area contributed by atoms with Gasteiger partial charge in [-0.05, 0) is 43.1 Å². The minimum atomic E-state index is 0.866. The second-order valence-electron chi connectivity index (χ2n) is 7.31. The molecule has 3 unspecified atom stereocenters. The summed E-state index contributed by atoms with van der Waals surface area (Å²) in [7, 11) is 0. The fourth-order valence-corrected chi connectivity index (χ4v) is 4.43. The second-order valence-corrected chi connectivity index (χ2v) is 7.31. The summed E-state index contributed by atoms with van der Waals surface area (Å²) in [4.78, 5) is 0. The van der Waals surface area contributed by atoms with Crippen molar-refractivity contribution in [3.8, 4) is 0 Å². The fraction of sp³-hybridized carbons (Fsp3) is 0.850. The Morgan fingerprint density at radius 3 is 2.36 bits per heavy atom. The zero-order valence-electron chi connectivity index (χ0n) is 14.8. The lowest BCUT2D eigenvalue weighted by Gasteiger charge is -2.24. The quantitative estimate of drug-likeness (QED) is 0.453. The lowest BCUT2D eigenvalue weighted by Crippen LogP contribution is -2.19. The van der Waals surface area contributed by atoms with Crippen LogP contribution in [0.15, 0.2) is 18.5 Å². The molecule has 0 amide bonds. The van der Waals surface area contributed by atoms with Gasteiger partial charge in [0.2, 0.25) is 0 Å². The third-order valence-corrected chi connectivity index (χ3v) is 5.77. The van der Waals surface area contributed by atoms with Crippen LogP contribution in [0, 0.1) is 17.8 Å². The Labute approximate surface area is 137 Å². The Morgan fingerprint density at radius 2 is 1.68 bits per heavy atom. The van der Waals surface area contributed by atoms with Gasteiger partial charge in [-0.25, -0.2) is 0 Å². The molecule has 2 nitrogen and oxygen atoms in total.